The number of non-ortho nitro benzene ring substituents is 1. The van der Waals surface area contributed by atoms with E-state index in [0.717, 1.165) is 0 Å². The third-order valence-corrected chi connectivity index (χ3v) is 1.55. The highest BCUT2D eigenvalue weighted by Crippen LogP contribution is 2.12. The van der Waals surface area contributed by atoms with E-state index in [1.807, 2.05) is 0 Å². The van der Waals surface area contributed by atoms with E-state index in [1.54, 1.807) is 0 Å². The van der Waals surface area contributed by atoms with Crippen molar-refractivity contribution < 1.29 is 19.6 Å². The van der Waals surface area contributed by atoms with Crippen LogP contribution in [-0.4, -0.2) is 22.3 Å². The standard InChI is InChI=1S/C7H8BNO5/c10-8(11)14-5-6-1-3-7(4-2-6)9(12)13/h1-4,10-11H,5H2. The van der Waals surface area contributed by atoms with Crippen molar-refractivity contribution in [1.82, 2.24) is 0 Å². The van der Waals surface area contributed by atoms with Crippen molar-refractivity contribution in [2.45, 2.75) is 6.61 Å². The smallest absolute Gasteiger partial charge is 0.402 e. The largest absolute Gasteiger partial charge is 0.634 e. The lowest BCUT2D eigenvalue weighted by molar-refractivity contribution is -0.384. The third-order valence-electron chi connectivity index (χ3n) is 1.55. The van der Waals surface area contributed by atoms with Crippen LogP contribution < -0.4 is 0 Å². The number of nitro groups is 1. The number of hydrogen-bond donors (Lipinski definition) is 2. The normalized spacial score (nSPS) is 9.86. The molecule has 0 unspecified atom stereocenters. The van der Waals surface area contributed by atoms with Crippen LogP contribution in [0.25, 0.3) is 0 Å². The molecule has 0 fully saturated rings. The molecule has 2 N–H and O–H groups in total. The van der Waals surface area contributed by atoms with Gasteiger partial charge in [-0.25, -0.2) is 0 Å². The summed E-state index contributed by atoms with van der Waals surface area (Å²) in [5, 5.41) is 27.0. The van der Waals surface area contributed by atoms with Crippen LogP contribution in [0.2, 0.25) is 0 Å². The second-order valence-corrected chi connectivity index (χ2v) is 2.56. The molecular weight excluding hydrogens is 189 g/mol. The lowest BCUT2D eigenvalue weighted by Crippen LogP contribution is -2.16. The number of rotatable bonds is 4. The maximum Gasteiger partial charge on any atom is 0.634 e. The molecule has 1 aromatic rings. The topological polar surface area (TPSA) is 92.8 Å². The summed E-state index contributed by atoms with van der Waals surface area (Å²) in [5.41, 5.74) is 0.613. The first-order valence-corrected chi connectivity index (χ1v) is 3.80. The van der Waals surface area contributed by atoms with E-state index in [1.165, 1.54) is 24.3 Å². The van der Waals surface area contributed by atoms with E-state index in [-0.39, 0.29) is 12.3 Å². The molecule has 0 heterocycles. The van der Waals surface area contributed by atoms with Gasteiger partial charge in [0.1, 0.15) is 0 Å². The molecule has 1 rings (SSSR count). The van der Waals surface area contributed by atoms with Crippen LogP contribution in [0, 0.1) is 10.1 Å². The Balaban J connectivity index is 2.60. The summed E-state index contributed by atoms with van der Waals surface area (Å²) >= 11 is 0. The summed E-state index contributed by atoms with van der Waals surface area (Å²) in [6.07, 6.45) is 0. The molecule has 6 nitrogen and oxygen atoms in total. The van der Waals surface area contributed by atoms with Crippen molar-refractivity contribution in [3.63, 3.8) is 0 Å². The van der Waals surface area contributed by atoms with Crippen LogP contribution in [0.4, 0.5) is 5.69 Å². The van der Waals surface area contributed by atoms with Gasteiger partial charge in [-0.3, -0.25) is 10.1 Å². The molecule has 0 aromatic heterocycles. The van der Waals surface area contributed by atoms with Gasteiger partial charge in [0.2, 0.25) is 0 Å². The van der Waals surface area contributed by atoms with Gasteiger partial charge in [0.05, 0.1) is 11.5 Å². The molecule has 0 aliphatic rings. The Labute approximate surface area is 80.1 Å². The summed E-state index contributed by atoms with van der Waals surface area (Å²) in [6.45, 7) is -0.00430. The molecule has 14 heavy (non-hydrogen) atoms. The van der Waals surface area contributed by atoms with Crippen LogP contribution in [0.15, 0.2) is 24.3 Å². The van der Waals surface area contributed by atoms with Gasteiger partial charge in [0.15, 0.2) is 0 Å². The van der Waals surface area contributed by atoms with Crippen molar-refractivity contribution in [2.75, 3.05) is 0 Å². The van der Waals surface area contributed by atoms with Crippen LogP contribution in [-0.2, 0) is 11.3 Å². The fourth-order valence-corrected chi connectivity index (χ4v) is 0.885. The second-order valence-electron chi connectivity index (χ2n) is 2.56. The van der Waals surface area contributed by atoms with Crippen molar-refractivity contribution in [2.24, 2.45) is 0 Å². The summed E-state index contributed by atoms with van der Waals surface area (Å²) in [6, 6.07) is 5.62. The number of benzene rings is 1. The van der Waals surface area contributed by atoms with E-state index in [2.05, 4.69) is 4.65 Å². The molecule has 1 aromatic carbocycles. The third kappa shape index (κ3) is 3.13. The Hall–Kier alpha value is -1.44. The average Bonchev–Trinajstić information content (AvgIpc) is 2.15. The monoisotopic (exact) mass is 197 g/mol. The molecule has 0 saturated heterocycles. The molecule has 0 amide bonds. The number of nitrogens with zero attached hydrogens (tertiary/aromatic N) is 1. The predicted octanol–water partition coefficient (Wildman–Crippen LogP) is 0.0809. The summed E-state index contributed by atoms with van der Waals surface area (Å²) in [7, 11) is -1.83. The van der Waals surface area contributed by atoms with Gasteiger partial charge in [0, 0.05) is 12.1 Å². The van der Waals surface area contributed by atoms with Crippen molar-refractivity contribution in [1.29, 1.82) is 0 Å². The molecule has 0 spiro atoms. The quantitative estimate of drug-likeness (QED) is 0.405. The highest BCUT2D eigenvalue weighted by molar-refractivity contribution is 6.32. The van der Waals surface area contributed by atoms with Crippen molar-refractivity contribution in [3.8, 4) is 0 Å². The molecule has 7 heteroatoms. The number of hydrogen-bond acceptors (Lipinski definition) is 5. The molecule has 0 bridgehead atoms. The lowest BCUT2D eigenvalue weighted by atomic mass is 10.2. The minimum atomic E-state index is -1.83. The Morgan fingerprint density at radius 3 is 2.36 bits per heavy atom. The molecule has 74 valence electrons. The van der Waals surface area contributed by atoms with Crippen LogP contribution in [0.1, 0.15) is 5.56 Å². The predicted molar refractivity (Wildman–Crippen MR) is 48.1 cm³/mol. The highest BCUT2D eigenvalue weighted by Gasteiger charge is 2.09. The summed E-state index contributed by atoms with van der Waals surface area (Å²) in [5.74, 6) is 0. The van der Waals surface area contributed by atoms with E-state index in [4.69, 9.17) is 10.0 Å². The second kappa shape index (κ2) is 4.70. The highest BCUT2D eigenvalue weighted by atomic mass is 16.6. The Bertz CT molecular complexity index is 312. The zero-order valence-electron chi connectivity index (χ0n) is 7.16. The lowest BCUT2D eigenvalue weighted by Gasteiger charge is -2.01. The molecule has 0 aliphatic carbocycles. The maximum atomic E-state index is 10.3. The SMILES string of the molecule is O=[N+]([O-])c1ccc(COB(O)O)cc1. The van der Waals surface area contributed by atoms with Gasteiger partial charge in [-0.05, 0) is 17.7 Å². The van der Waals surface area contributed by atoms with Gasteiger partial charge in [-0.1, -0.05) is 0 Å². The van der Waals surface area contributed by atoms with E-state index in [9.17, 15) is 10.1 Å². The zero-order valence-corrected chi connectivity index (χ0v) is 7.16. The van der Waals surface area contributed by atoms with Gasteiger partial charge < -0.3 is 14.7 Å². The first kappa shape index (κ1) is 10.6. The maximum absolute atomic E-state index is 10.3. The Morgan fingerprint density at radius 1 is 1.36 bits per heavy atom. The van der Waals surface area contributed by atoms with Crippen LogP contribution >= 0.6 is 0 Å². The van der Waals surface area contributed by atoms with Crippen molar-refractivity contribution >= 4 is 13.0 Å². The van der Waals surface area contributed by atoms with Crippen LogP contribution in [0.3, 0.4) is 0 Å². The average molecular weight is 197 g/mol. The van der Waals surface area contributed by atoms with Gasteiger partial charge in [-0.15, -0.1) is 0 Å². The number of nitro benzene ring substituents is 1. The Kier molecular flexibility index (Phi) is 3.58. The van der Waals surface area contributed by atoms with Gasteiger partial charge >= 0.3 is 7.32 Å². The Morgan fingerprint density at radius 2 is 1.93 bits per heavy atom. The van der Waals surface area contributed by atoms with Crippen LogP contribution in [0.5, 0.6) is 0 Å². The van der Waals surface area contributed by atoms with E-state index in [0.29, 0.717) is 5.56 Å². The summed E-state index contributed by atoms with van der Waals surface area (Å²) in [4.78, 5) is 9.76. The fraction of sp³-hybridized carbons (Fsp3) is 0.143. The minimum absolute atomic E-state index is 0.00430. The first-order chi connectivity index (χ1) is 6.59. The molecule has 0 saturated carbocycles. The fourth-order valence-electron chi connectivity index (χ4n) is 0.885. The molecule has 0 radical (unpaired) electrons. The summed E-state index contributed by atoms with van der Waals surface area (Å²) < 4.78 is 4.47. The van der Waals surface area contributed by atoms with E-state index < -0.39 is 12.2 Å². The minimum Gasteiger partial charge on any atom is -0.402 e. The van der Waals surface area contributed by atoms with E-state index >= 15 is 0 Å². The molecule has 0 aliphatic heterocycles. The van der Waals surface area contributed by atoms with Crippen molar-refractivity contribution in [3.05, 3.63) is 39.9 Å². The van der Waals surface area contributed by atoms with Gasteiger partial charge in [-0.2, -0.15) is 0 Å². The first-order valence-electron chi connectivity index (χ1n) is 3.80. The molecular formula is C7H8BNO5. The zero-order chi connectivity index (χ0) is 10.6. The van der Waals surface area contributed by atoms with Gasteiger partial charge in [0.25, 0.3) is 5.69 Å². The molecule has 0 atom stereocenters.